The summed E-state index contributed by atoms with van der Waals surface area (Å²) in [5, 5.41) is 5.82. The Morgan fingerprint density at radius 1 is 1.05 bits per heavy atom. The molecule has 3 rings (SSSR count). The van der Waals surface area contributed by atoms with E-state index in [4.69, 9.17) is 0 Å². The van der Waals surface area contributed by atoms with Gasteiger partial charge in [0, 0.05) is 38.3 Å². The predicted octanol–water partition coefficient (Wildman–Crippen LogP) is 1.99. The van der Waals surface area contributed by atoms with Crippen molar-refractivity contribution in [2.24, 2.45) is 0 Å². The lowest BCUT2D eigenvalue weighted by molar-refractivity contribution is -0.107. The van der Waals surface area contributed by atoms with E-state index in [1.54, 1.807) is 0 Å². The molecule has 3 heteroatoms. The van der Waals surface area contributed by atoms with E-state index in [-0.39, 0.29) is 0 Å². The van der Waals surface area contributed by atoms with Gasteiger partial charge in [-0.15, -0.1) is 0 Å². The van der Waals surface area contributed by atoms with Gasteiger partial charge in [0.2, 0.25) is 0 Å². The van der Waals surface area contributed by atoms with Crippen LogP contribution in [0.25, 0.3) is 10.8 Å². The van der Waals surface area contributed by atoms with Gasteiger partial charge in [0.05, 0.1) is 0 Å². The van der Waals surface area contributed by atoms with Crippen molar-refractivity contribution in [3.63, 3.8) is 0 Å². The number of benzene rings is 2. The van der Waals surface area contributed by atoms with Crippen molar-refractivity contribution in [2.45, 2.75) is 6.42 Å². The van der Waals surface area contributed by atoms with Gasteiger partial charge in [-0.25, -0.2) is 0 Å². The van der Waals surface area contributed by atoms with E-state index >= 15 is 0 Å². The fourth-order valence-corrected chi connectivity index (χ4v) is 2.63. The highest BCUT2D eigenvalue weighted by Crippen LogP contribution is 2.23. The average molecular weight is 254 g/mol. The third kappa shape index (κ3) is 2.61. The van der Waals surface area contributed by atoms with Crippen molar-refractivity contribution in [1.29, 1.82) is 0 Å². The number of nitrogens with one attached hydrogen (secondary N) is 1. The molecule has 0 bridgehead atoms. The standard InChI is InChI=1S/C16H18N2O/c19-10-5-13-1-2-15-12-16(4-3-14(15)11-13)18-8-6-17-7-9-18/h1-4,10-12,17H,5-9H2. The number of rotatable bonds is 3. The van der Waals surface area contributed by atoms with Crippen molar-refractivity contribution < 1.29 is 4.79 Å². The van der Waals surface area contributed by atoms with Gasteiger partial charge in [-0.3, -0.25) is 0 Å². The van der Waals surface area contributed by atoms with Gasteiger partial charge in [-0.1, -0.05) is 24.3 Å². The molecule has 0 spiro atoms. The van der Waals surface area contributed by atoms with E-state index in [9.17, 15) is 4.79 Å². The minimum Gasteiger partial charge on any atom is -0.369 e. The zero-order valence-corrected chi connectivity index (χ0v) is 10.9. The van der Waals surface area contributed by atoms with Crippen LogP contribution in [0.5, 0.6) is 0 Å². The minimum absolute atomic E-state index is 0.496. The number of fused-ring (bicyclic) bond motifs is 1. The number of anilines is 1. The maximum atomic E-state index is 10.6. The Bertz CT molecular complexity index is 588. The summed E-state index contributed by atoms with van der Waals surface area (Å²) in [5.74, 6) is 0. The smallest absolute Gasteiger partial charge is 0.124 e. The highest BCUT2D eigenvalue weighted by molar-refractivity contribution is 5.87. The van der Waals surface area contributed by atoms with Crippen LogP contribution in [-0.4, -0.2) is 32.5 Å². The van der Waals surface area contributed by atoms with E-state index in [1.807, 2.05) is 6.07 Å². The average Bonchev–Trinajstić information content (AvgIpc) is 2.48. The summed E-state index contributed by atoms with van der Waals surface area (Å²) >= 11 is 0. The summed E-state index contributed by atoms with van der Waals surface area (Å²) in [4.78, 5) is 13.0. The van der Waals surface area contributed by atoms with Crippen molar-refractivity contribution >= 4 is 22.7 Å². The van der Waals surface area contributed by atoms with Crippen LogP contribution in [0.15, 0.2) is 36.4 Å². The fourth-order valence-electron chi connectivity index (χ4n) is 2.63. The second kappa shape index (κ2) is 5.41. The number of hydrogen-bond donors (Lipinski definition) is 1. The van der Waals surface area contributed by atoms with E-state index in [0.717, 1.165) is 38.0 Å². The van der Waals surface area contributed by atoms with Crippen LogP contribution in [0.4, 0.5) is 5.69 Å². The van der Waals surface area contributed by atoms with Gasteiger partial charge in [-0.2, -0.15) is 0 Å². The lowest BCUT2D eigenvalue weighted by Gasteiger charge is -2.29. The molecule has 0 aromatic heterocycles. The Labute approximate surface area is 113 Å². The third-order valence-electron chi connectivity index (χ3n) is 3.69. The van der Waals surface area contributed by atoms with Crippen LogP contribution in [0.3, 0.4) is 0 Å². The number of aldehydes is 1. The van der Waals surface area contributed by atoms with Crippen LogP contribution in [0.2, 0.25) is 0 Å². The number of carbonyl (C=O) groups excluding carboxylic acids is 1. The molecule has 2 aromatic carbocycles. The topological polar surface area (TPSA) is 32.3 Å². The van der Waals surface area contributed by atoms with Crippen LogP contribution in [0, 0.1) is 0 Å². The van der Waals surface area contributed by atoms with E-state index in [0.29, 0.717) is 6.42 Å². The summed E-state index contributed by atoms with van der Waals surface area (Å²) in [6.45, 7) is 4.23. The number of nitrogens with zero attached hydrogens (tertiary/aromatic N) is 1. The van der Waals surface area contributed by atoms with E-state index in [1.165, 1.54) is 16.5 Å². The van der Waals surface area contributed by atoms with Gasteiger partial charge >= 0.3 is 0 Å². The first-order valence-electron chi connectivity index (χ1n) is 6.79. The summed E-state index contributed by atoms with van der Waals surface area (Å²) in [6.07, 6.45) is 1.45. The molecule has 3 nitrogen and oxygen atoms in total. The molecule has 0 radical (unpaired) electrons. The number of hydrogen-bond acceptors (Lipinski definition) is 3. The molecular formula is C16H18N2O. The van der Waals surface area contributed by atoms with Crippen molar-refractivity contribution in [3.05, 3.63) is 42.0 Å². The second-order valence-electron chi connectivity index (χ2n) is 4.97. The molecule has 1 heterocycles. The molecule has 2 aromatic rings. The molecule has 0 saturated carbocycles. The summed E-state index contributed by atoms with van der Waals surface area (Å²) in [6, 6.07) is 12.8. The molecule has 19 heavy (non-hydrogen) atoms. The first-order valence-corrected chi connectivity index (χ1v) is 6.79. The first-order chi connectivity index (χ1) is 9.36. The van der Waals surface area contributed by atoms with E-state index < -0.39 is 0 Å². The van der Waals surface area contributed by atoms with Gasteiger partial charge in [-0.05, 0) is 28.5 Å². The van der Waals surface area contributed by atoms with Crippen molar-refractivity contribution in [2.75, 3.05) is 31.1 Å². The molecule has 1 aliphatic heterocycles. The zero-order valence-electron chi connectivity index (χ0n) is 10.9. The minimum atomic E-state index is 0.496. The van der Waals surface area contributed by atoms with Crippen LogP contribution in [-0.2, 0) is 11.2 Å². The van der Waals surface area contributed by atoms with E-state index in [2.05, 4.69) is 40.5 Å². The molecule has 0 unspecified atom stereocenters. The Hall–Kier alpha value is -1.87. The lowest BCUT2D eigenvalue weighted by atomic mass is 10.0. The summed E-state index contributed by atoms with van der Waals surface area (Å²) < 4.78 is 0. The fraction of sp³-hybridized carbons (Fsp3) is 0.312. The largest absolute Gasteiger partial charge is 0.369 e. The molecule has 1 aliphatic rings. The maximum Gasteiger partial charge on any atom is 0.124 e. The molecule has 0 atom stereocenters. The van der Waals surface area contributed by atoms with Crippen molar-refractivity contribution in [1.82, 2.24) is 5.32 Å². The zero-order chi connectivity index (χ0) is 13.1. The maximum absolute atomic E-state index is 10.6. The SMILES string of the molecule is O=CCc1ccc2cc(N3CCNCC3)ccc2c1. The third-order valence-corrected chi connectivity index (χ3v) is 3.69. The van der Waals surface area contributed by atoms with Crippen LogP contribution < -0.4 is 10.2 Å². The molecule has 1 saturated heterocycles. The molecule has 98 valence electrons. The Morgan fingerprint density at radius 3 is 2.58 bits per heavy atom. The van der Waals surface area contributed by atoms with Gasteiger partial charge < -0.3 is 15.0 Å². The summed E-state index contributed by atoms with van der Waals surface area (Å²) in [7, 11) is 0. The molecule has 1 N–H and O–H groups in total. The van der Waals surface area contributed by atoms with Gasteiger partial charge in [0.1, 0.15) is 6.29 Å². The first kappa shape index (κ1) is 12.2. The molecule has 0 amide bonds. The Balaban J connectivity index is 1.92. The predicted molar refractivity (Wildman–Crippen MR) is 78.8 cm³/mol. The number of carbonyl (C=O) groups is 1. The van der Waals surface area contributed by atoms with Gasteiger partial charge in [0.15, 0.2) is 0 Å². The summed E-state index contributed by atoms with van der Waals surface area (Å²) in [5.41, 5.74) is 2.37. The van der Waals surface area contributed by atoms with Crippen LogP contribution >= 0.6 is 0 Å². The highest BCUT2D eigenvalue weighted by Gasteiger charge is 2.10. The Kier molecular flexibility index (Phi) is 3.47. The Morgan fingerprint density at radius 2 is 1.79 bits per heavy atom. The normalized spacial score (nSPS) is 15.7. The second-order valence-corrected chi connectivity index (χ2v) is 4.97. The molecule has 0 aliphatic carbocycles. The van der Waals surface area contributed by atoms with Crippen molar-refractivity contribution in [3.8, 4) is 0 Å². The lowest BCUT2D eigenvalue weighted by Crippen LogP contribution is -2.43. The van der Waals surface area contributed by atoms with Gasteiger partial charge in [0.25, 0.3) is 0 Å². The molecular weight excluding hydrogens is 236 g/mol. The quantitative estimate of drug-likeness (QED) is 0.850. The highest BCUT2D eigenvalue weighted by atomic mass is 16.1. The van der Waals surface area contributed by atoms with Crippen LogP contribution in [0.1, 0.15) is 5.56 Å². The monoisotopic (exact) mass is 254 g/mol. The molecule has 1 fully saturated rings. The number of piperazine rings is 1.